The third-order valence-electron chi connectivity index (χ3n) is 3.42. The van der Waals surface area contributed by atoms with Crippen LogP contribution in [-0.4, -0.2) is 0 Å². The van der Waals surface area contributed by atoms with E-state index >= 15 is 0 Å². The zero-order valence-electron chi connectivity index (χ0n) is 11.3. The van der Waals surface area contributed by atoms with E-state index in [2.05, 4.69) is 47.6 Å². The maximum absolute atomic E-state index is 6.56. The largest absolute Gasteiger partial charge is 0.118 e. The van der Waals surface area contributed by atoms with E-state index in [0.717, 1.165) is 6.42 Å². The molecule has 0 spiro atoms. The van der Waals surface area contributed by atoms with E-state index in [9.17, 15) is 0 Å². The lowest BCUT2D eigenvalue weighted by molar-refractivity contribution is 0.572. The molecule has 1 aromatic carbocycles. The molecule has 0 bridgehead atoms. The standard InChI is InChI=1S/C15H23Cl/c1-9(2)7-14(16)15-12(5)10(3)8-11(4)13(15)6/h8-9,14H,7H2,1-6H3. The molecule has 0 aliphatic rings. The molecule has 0 aromatic heterocycles. The lowest BCUT2D eigenvalue weighted by Crippen LogP contribution is -2.04. The number of halogens is 1. The van der Waals surface area contributed by atoms with Gasteiger partial charge in [-0.1, -0.05) is 19.9 Å². The number of hydrogen-bond acceptors (Lipinski definition) is 0. The van der Waals surface area contributed by atoms with Crippen LogP contribution in [-0.2, 0) is 0 Å². The quantitative estimate of drug-likeness (QED) is 0.632. The van der Waals surface area contributed by atoms with Crippen molar-refractivity contribution in [1.29, 1.82) is 0 Å². The third kappa shape index (κ3) is 2.79. The Hall–Kier alpha value is -0.490. The molecule has 0 nitrogen and oxygen atoms in total. The van der Waals surface area contributed by atoms with E-state index in [0.29, 0.717) is 5.92 Å². The molecule has 0 aliphatic carbocycles. The summed E-state index contributed by atoms with van der Waals surface area (Å²) in [6.07, 6.45) is 1.05. The van der Waals surface area contributed by atoms with Crippen LogP contribution in [0.2, 0.25) is 0 Å². The Bertz CT molecular complexity index is 351. The van der Waals surface area contributed by atoms with E-state index in [1.165, 1.54) is 27.8 Å². The van der Waals surface area contributed by atoms with Gasteiger partial charge in [-0.05, 0) is 67.9 Å². The minimum absolute atomic E-state index is 0.151. The molecule has 0 radical (unpaired) electrons. The molecular weight excluding hydrogens is 216 g/mol. The van der Waals surface area contributed by atoms with Crippen molar-refractivity contribution >= 4 is 11.6 Å². The van der Waals surface area contributed by atoms with Crippen LogP contribution in [0.4, 0.5) is 0 Å². The summed E-state index contributed by atoms with van der Waals surface area (Å²) in [6, 6.07) is 2.26. The van der Waals surface area contributed by atoms with Crippen LogP contribution in [0.25, 0.3) is 0 Å². The molecule has 0 fully saturated rings. The molecule has 0 amide bonds. The van der Waals surface area contributed by atoms with Gasteiger partial charge in [-0.15, -0.1) is 11.6 Å². The molecule has 0 heterocycles. The van der Waals surface area contributed by atoms with Crippen LogP contribution in [0.15, 0.2) is 6.07 Å². The second-order valence-corrected chi connectivity index (χ2v) is 5.80. The van der Waals surface area contributed by atoms with Crippen molar-refractivity contribution in [2.75, 3.05) is 0 Å². The van der Waals surface area contributed by atoms with Crippen molar-refractivity contribution in [3.63, 3.8) is 0 Å². The third-order valence-corrected chi connectivity index (χ3v) is 3.81. The lowest BCUT2D eigenvalue weighted by Gasteiger charge is -2.20. The molecule has 1 unspecified atom stereocenters. The lowest BCUT2D eigenvalue weighted by atomic mass is 9.89. The van der Waals surface area contributed by atoms with Gasteiger partial charge < -0.3 is 0 Å². The van der Waals surface area contributed by atoms with Crippen LogP contribution < -0.4 is 0 Å². The molecule has 90 valence electrons. The van der Waals surface area contributed by atoms with Gasteiger partial charge in [0.1, 0.15) is 0 Å². The van der Waals surface area contributed by atoms with Gasteiger partial charge in [0.2, 0.25) is 0 Å². The Morgan fingerprint density at radius 2 is 1.44 bits per heavy atom. The predicted octanol–water partition coefficient (Wildman–Crippen LogP) is 5.25. The SMILES string of the molecule is Cc1cc(C)c(C)c(C(Cl)CC(C)C)c1C. The minimum atomic E-state index is 0.151. The zero-order chi connectivity index (χ0) is 12.5. The summed E-state index contributed by atoms with van der Waals surface area (Å²) in [5.41, 5.74) is 6.79. The molecule has 16 heavy (non-hydrogen) atoms. The van der Waals surface area contributed by atoms with Crippen LogP contribution in [0.3, 0.4) is 0 Å². The van der Waals surface area contributed by atoms with E-state index in [-0.39, 0.29) is 5.38 Å². The van der Waals surface area contributed by atoms with Gasteiger partial charge >= 0.3 is 0 Å². The van der Waals surface area contributed by atoms with Gasteiger partial charge in [0.15, 0.2) is 0 Å². The van der Waals surface area contributed by atoms with Gasteiger partial charge in [-0.25, -0.2) is 0 Å². The first-order chi connectivity index (χ1) is 7.34. The normalized spacial score (nSPS) is 13.2. The molecule has 0 aliphatic heterocycles. The van der Waals surface area contributed by atoms with E-state index in [1.54, 1.807) is 0 Å². The second-order valence-electron chi connectivity index (χ2n) is 5.27. The van der Waals surface area contributed by atoms with E-state index in [1.807, 2.05) is 0 Å². The van der Waals surface area contributed by atoms with E-state index < -0.39 is 0 Å². The summed E-state index contributed by atoms with van der Waals surface area (Å²) in [5.74, 6) is 0.641. The number of rotatable bonds is 3. The minimum Gasteiger partial charge on any atom is -0.118 e. The number of benzene rings is 1. The molecular formula is C15H23Cl. The summed E-state index contributed by atoms with van der Waals surface area (Å²) < 4.78 is 0. The van der Waals surface area contributed by atoms with Crippen molar-refractivity contribution < 1.29 is 0 Å². The van der Waals surface area contributed by atoms with Gasteiger partial charge in [0.05, 0.1) is 5.38 Å². The van der Waals surface area contributed by atoms with Crippen LogP contribution in [0.1, 0.15) is 53.5 Å². The van der Waals surface area contributed by atoms with Crippen LogP contribution in [0, 0.1) is 33.6 Å². The maximum Gasteiger partial charge on any atom is 0.0593 e. The maximum atomic E-state index is 6.56. The molecule has 1 aromatic rings. The summed E-state index contributed by atoms with van der Waals surface area (Å²) in [7, 11) is 0. The molecule has 0 saturated carbocycles. The summed E-state index contributed by atoms with van der Waals surface area (Å²) in [4.78, 5) is 0. The number of aryl methyl sites for hydroxylation is 2. The van der Waals surface area contributed by atoms with E-state index in [4.69, 9.17) is 11.6 Å². The fourth-order valence-corrected chi connectivity index (χ4v) is 2.93. The highest BCUT2D eigenvalue weighted by Gasteiger charge is 2.17. The second kappa shape index (κ2) is 5.23. The monoisotopic (exact) mass is 238 g/mol. The zero-order valence-corrected chi connectivity index (χ0v) is 12.1. The van der Waals surface area contributed by atoms with Crippen molar-refractivity contribution in [3.8, 4) is 0 Å². The number of alkyl halides is 1. The molecule has 1 rings (SSSR count). The Morgan fingerprint density at radius 1 is 1.00 bits per heavy atom. The summed E-state index contributed by atoms with van der Waals surface area (Å²) >= 11 is 6.56. The topological polar surface area (TPSA) is 0 Å². The van der Waals surface area contributed by atoms with Gasteiger partial charge in [0, 0.05) is 0 Å². The fraction of sp³-hybridized carbons (Fsp3) is 0.600. The van der Waals surface area contributed by atoms with Crippen molar-refractivity contribution in [1.82, 2.24) is 0 Å². The van der Waals surface area contributed by atoms with Gasteiger partial charge in [-0.3, -0.25) is 0 Å². The Morgan fingerprint density at radius 3 is 1.81 bits per heavy atom. The van der Waals surface area contributed by atoms with Crippen LogP contribution in [0.5, 0.6) is 0 Å². The predicted molar refractivity (Wildman–Crippen MR) is 73.4 cm³/mol. The van der Waals surface area contributed by atoms with Gasteiger partial charge in [0.25, 0.3) is 0 Å². The highest BCUT2D eigenvalue weighted by Crippen LogP contribution is 2.35. The molecule has 0 N–H and O–H groups in total. The Balaban J connectivity index is 3.21. The van der Waals surface area contributed by atoms with Gasteiger partial charge in [-0.2, -0.15) is 0 Å². The smallest absolute Gasteiger partial charge is 0.0593 e. The average Bonchev–Trinajstić information content (AvgIpc) is 2.14. The van der Waals surface area contributed by atoms with Crippen LogP contribution >= 0.6 is 11.6 Å². The van der Waals surface area contributed by atoms with Crippen molar-refractivity contribution in [2.45, 2.75) is 53.3 Å². The highest BCUT2D eigenvalue weighted by molar-refractivity contribution is 6.21. The first kappa shape index (κ1) is 13.6. The Kier molecular flexibility index (Phi) is 4.43. The van der Waals surface area contributed by atoms with Crippen molar-refractivity contribution in [3.05, 3.63) is 33.9 Å². The molecule has 0 saturated heterocycles. The fourth-order valence-electron chi connectivity index (χ4n) is 2.25. The average molecular weight is 239 g/mol. The van der Waals surface area contributed by atoms with Crippen molar-refractivity contribution in [2.24, 2.45) is 5.92 Å². The summed E-state index contributed by atoms with van der Waals surface area (Å²) in [5, 5.41) is 0.151. The first-order valence-corrected chi connectivity index (χ1v) is 6.49. The highest BCUT2D eigenvalue weighted by atomic mass is 35.5. The Labute approximate surface area is 105 Å². The first-order valence-electron chi connectivity index (χ1n) is 6.06. The summed E-state index contributed by atoms with van der Waals surface area (Å²) in [6.45, 7) is 13.2. The number of hydrogen-bond donors (Lipinski definition) is 0. The molecule has 1 atom stereocenters. The molecule has 1 heteroatoms.